The zero-order valence-corrected chi connectivity index (χ0v) is 14.2. The van der Waals surface area contributed by atoms with Crippen molar-refractivity contribution in [2.75, 3.05) is 6.61 Å². The molecule has 0 aliphatic carbocycles. The number of aliphatic carboxylic acids is 1. The summed E-state index contributed by atoms with van der Waals surface area (Å²) in [5, 5.41) is 12.6. The third-order valence-electron chi connectivity index (χ3n) is 4.20. The van der Waals surface area contributed by atoms with Gasteiger partial charge in [-0.1, -0.05) is 41.9 Å². The molecule has 2 N–H and O–H groups in total. The molecule has 2 atom stereocenters. The summed E-state index contributed by atoms with van der Waals surface area (Å²) in [5.74, 6) is -0.837. The van der Waals surface area contributed by atoms with Crippen LogP contribution in [0.4, 0.5) is 0 Å². The van der Waals surface area contributed by atoms with Crippen molar-refractivity contribution in [2.45, 2.75) is 18.9 Å². The lowest BCUT2D eigenvalue weighted by molar-refractivity contribution is -0.138. The van der Waals surface area contributed by atoms with E-state index in [4.69, 9.17) is 21.4 Å². The number of benzene rings is 2. The van der Waals surface area contributed by atoms with Gasteiger partial charge in [0.1, 0.15) is 12.4 Å². The van der Waals surface area contributed by atoms with Gasteiger partial charge in [-0.05, 0) is 35.7 Å². The average molecular weight is 360 g/mol. The van der Waals surface area contributed by atoms with E-state index in [0.29, 0.717) is 11.4 Å². The van der Waals surface area contributed by atoms with E-state index in [-0.39, 0.29) is 24.9 Å². The Labute approximate surface area is 150 Å². The Hall–Kier alpha value is -2.53. The molecule has 2 aromatic rings. The van der Waals surface area contributed by atoms with Gasteiger partial charge in [0.2, 0.25) is 5.91 Å². The Morgan fingerprint density at radius 3 is 2.72 bits per heavy atom. The van der Waals surface area contributed by atoms with Gasteiger partial charge in [0.25, 0.3) is 0 Å². The lowest BCUT2D eigenvalue weighted by atomic mass is 9.95. The largest absolute Gasteiger partial charge is 0.492 e. The Bertz CT molecular complexity index is 778. The summed E-state index contributed by atoms with van der Waals surface area (Å²) in [6.07, 6.45) is 0.335. The highest BCUT2D eigenvalue weighted by Gasteiger charge is 2.28. The topological polar surface area (TPSA) is 75.6 Å². The zero-order valence-electron chi connectivity index (χ0n) is 13.4. The molecular weight excluding hydrogens is 342 g/mol. The highest BCUT2D eigenvalue weighted by molar-refractivity contribution is 6.30. The first-order valence-electron chi connectivity index (χ1n) is 8.01. The number of hydrogen-bond donors (Lipinski definition) is 2. The molecule has 0 bridgehead atoms. The molecule has 0 saturated heterocycles. The third-order valence-corrected chi connectivity index (χ3v) is 4.43. The molecule has 130 valence electrons. The van der Waals surface area contributed by atoms with E-state index in [2.05, 4.69) is 5.32 Å². The number of amides is 1. The maximum atomic E-state index is 12.6. The van der Waals surface area contributed by atoms with E-state index < -0.39 is 12.0 Å². The molecule has 0 saturated carbocycles. The number of fused-ring (bicyclic) bond motifs is 1. The van der Waals surface area contributed by atoms with Gasteiger partial charge in [-0.15, -0.1) is 0 Å². The van der Waals surface area contributed by atoms with Crippen molar-refractivity contribution in [1.29, 1.82) is 0 Å². The van der Waals surface area contributed by atoms with Crippen molar-refractivity contribution < 1.29 is 19.4 Å². The molecule has 1 heterocycles. The van der Waals surface area contributed by atoms with Crippen molar-refractivity contribution in [3.8, 4) is 5.75 Å². The summed E-state index contributed by atoms with van der Waals surface area (Å²) in [6.45, 7) is 0.259. The van der Waals surface area contributed by atoms with Crippen LogP contribution in [0.1, 0.15) is 23.6 Å². The van der Waals surface area contributed by atoms with Crippen LogP contribution in [0.15, 0.2) is 48.5 Å². The number of ether oxygens (including phenoxy) is 1. The van der Waals surface area contributed by atoms with Crippen molar-refractivity contribution >= 4 is 23.5 Å². The fourth-order valence-electron chi connectivity index (χ4n) is 2.93. The van der Waals surface area contributed by atoms with Gasteiger partial charge < -0.3 is 15.2 Å². The summed E-state index contributed by atoms with van der Waals surface area (Å²) in [4.78, 5) is 23.8. The Morgan fingerprint density at radius 1 is 1.24 bits per heavy atom. The first kappa shape index (κ1) is 17.3. The highest BCUT2D eigenvalue weighted by Crippen LogP contribution is 2.30. The lowest BCUT2D eigenvalue weighted by Gasteiger charge is -2.27. The Balaban J connectivity index is 1.72. The lowest BCUT2D eigenvalue weighted by Crippen LogP contribution is -2.39. The van der Waals surface area contributed by atoms with Crippen LogP contribution in [0.2, 0.25) is 5.02 Å². The summed E-state index contributed by atoms with van der Waals surface area (Å²) in [6, 6.07) is 13.9. The van der Waals surface area contributed by atoms with Crippen LogP contribution in [-0.4, -0.2) is 23.6 Å². The summed E-state index contributed by atoms with van der Waals surface area (Å²) in [7, 11) is 0. The summed E-state index contributed by atoms with van der Waals surface area (Å²) in [5.41, 5.74) is 1.65. The molecule has 2 aromatic carbocycles. The molecule has 6 heteroatoms. The molecule has 2 unspecified atom stereocenters. The predicted octanol–water partition coefficient (Wildman–Crippen LogP) is 3.22. The van der Waals surface area contributed by atoms with Gasteiger partial charge in [0, 0.05) is 5.02 Å². The molecular formula is C19H18ClNO4. The molecule has 25 heavy (non-hydrogen) atoms. The SMILES string of the molecule is O=C(O)CC(NC(=O)C1COc2ccc(Cl)cc2C1)c1ccccc1. The van der Waals surface area contributed by atoms with E-state index in [1.165, 1.54) is 0 Å². The van der Waals surface area contributed by atoms with E-state index in [9.17, 15) is 9.59 Å². The fraction of sp³-hybridized carbons (Fsp3) is 0.263. The van der Waals surface area contributed by atoms with Crippen LogP contribution in [0, 0.1) is 5.92 Å². The number of carboxylic acids is 1. The van der Waals surface area contributed by atoms with Crippen molar-refractivity contribution in [3.63, 3.8) is 0 Å². The number of nitrogens with one attached hydrogen (secondary N) is 1. The van der Waals surface area contributed by atoms with Crippen LogP contribution in [0.5, 0.6) is 5.75 Å². The van der Waals surface area contributed by atoms with Crippen LogP contribution in [-0.2, 0) is 16.0 Å². The minimum Gasteiger partial charge on any atom is -0.492 e. The predicted molar refractivity (Wildman–Crippen MR) is 93.7 cm³/mol. The Morgan fingerprint density at radius 2 is 2.00 bits per heavy atom. The second kappa shape index (κ2) is 7.57. The van der Waals surface area contributed by atoms with Gasteiger partial charge in [0.05, 0.1) is 18.4 Å². The molecule has 1 aliphatic heterocycles. The first-order valence-corrected chi connectivity index (χ1v) is 8.39. The van der Waals surface area contributed by atoms with E-state index in [1.54, 1.807) is 30.3 Å². The van der Waals surface area contributed by atoms with E-state index >= 15 is 0 Å². The fourth-order valence-corrected chi connectivity index (χ4v) is 3.13. The minimum absolute atomic E-state index is 0.175. The van der Waals surface area contributed by atoms with Crippen molar-refractivity contribution in [2.24, 2.45) is 5.92 Å². The maximum absolute atomic E-state index is 12.6. The van der Waals surface area contributed by atoms with Crippen LogP contribution < -0.4 is 10.1 Å². The molecule has 3 rings (SSSR count). The molecule has 1 aliphatic rings. The summed E-state index contributed by atoms with van der Waals surface area (Å²) >= 11 is 6.00. The molecule has 0 aromatic heterocycles. The van der Waals surface area contributed by atoms with Gasteiger partial charge in [-0.3, -0.25) is 9.59 Å². The quantitative estimate of drug-likeness (QED) is 0.859. The van der Waals surface area contributed by atoms with Gasteiger partial charge in [-0.25, -0.2) is 0 Å². The molecule has 0 radical (unpaired) electrons. The van der Waals surface area contributed by atoms with Gasteiger partial charge in [-0.2, -0.15) is 0 Å². The smallest absolute Gasteiger partial charge is 0.305 e. The average Bonchev–Trinajstić information content (AvgIpc) is 2.60. The van der Waals surface area contributed by atoms with E-state index in [1.807, 2.05) is 18.2 Å². The normalized spacial score (nSPS) is 17.1. The van der Waals surface area contributed by atoms with Crippen LogP contribution >= 0.6 is 11.6 Å². The molecule has 5 nitrogen and oxygen atoms in total. The molecule has 0 spiro atoms. The van der Waals surface area contributed by atoms with E-state index in [0.717, 1.165) is 16.9 Å². The monoisotopic (exact) mass is 359 g/mol. The highest BCUT2D eigenvalue weighted by atomic mass is 35.5. The maximum Gasteiger partial charge on any atom is 0.305 e. The number of rotatable bonds is 5. The standard InChI is InChI=1S/C19H18ClNO4/c20-15-6-7-17-13(9-15)8-14(11-25-17)19(24)21-16(10-18(22)23)12-4-2-1-3-5-12/h1-7,9,14,16H,8,10-11H2,(H,21,24)(H,22,23). The summed E-state index contributed by atoms with van der Waals surface area (Å²) < 4.78 is 5.64. The number of hydrogen-bond acceptors (Lipinski definition) is 3. The minimum atomic E-state index is -0.967. The zero-order chi connectivity index (χ0) is 17.8. The van der Waals surface area contributed by atoms with Crippen LogP contribution in [0.3, 0.4) is 0 Å². The number of halogens is 1. The van der Waals surface area contributed by atoms with Crippen LogP contribution in [0.25, 0.3) is 0 Å². The number of carbonyl (C=O) groups excluding carboxylic acids is 1. The van der Waals surface area contributed by atoms with Gasteiger partial charge >= 0.3 is 5.97 Å². The van der Waals surface area contributed by atoms with Crippen molar-refractivity contribution in [1.82, 2.24) is 5.32 Å². The first-order chi connectivity index (χ1) is 12.0. The van der Waals surface area contributed by atoms with Crippen molar-refractivity contribution in [3.05, 3.63) is 64.7 Å². The number of carbonyl (C=O) groups is 2. The molecule has 1 amide bonds. The molecule has 0 fully saturated rings. The third kappa shape index (κ3) is 4.31. The van der Waals surface area contributed by atoms with Gasteiger partial charge in [0.15, 0.2) is 0 Å². The second-order valence-corrected chi connectivity index (χ2v) is 6.47. The second-order valence-electron chi connectivity index (χ2n) is 6.03. The Kier molecular flexibility index (Phi) is 5.24. The number of carboxylic acid groups (broad SMARTS) is 1.